The van der Waals surface area contributed by atoms with E-state index in [1.54, 1.807) is 0 Å². The maximum Gasteiger partial charge on any atom is 0.150 e. The van der Waals surface area contributed by atoms with Gasteiger partial charge in [0.25, 0.3) is 0 Å². The maximum absolute atomic E-state index is 5.25. The number of hydrogen-bond acceptors (Lipinski definition) is 4. The molecule has 0 saturated carbocycles. The van der Waals surface area contributed by atoms with E-state index in [-0.39, 0.29) is 0 Å². The molecule has 0 spiro atoms. The lowest BCUT2D eigenvalue weighted by atomic mass is 10.0. The average molecular weight is 237 g/mol. The number of piperidine rings is 1. The van der Waals surface area contributed by atoms with Crippen molar-refractivity contribution in [2.24, 2.45) is 0 Å². The van der Waals surface area contributed by atoms with Crippen molar-refractivity contribution in [3.63, 3.8) is 0 Å². The first-order valence-electron chi connectivity index (χ1n) is 6.66. The van der Waals surface area contributed by atoms with Gasteiger partial charge >= 0.3 is 0 Å². The zero-order chi connectivity index (χ0) is 12.1. The lowest BCUT2D eigenvalue weighted by Crippen LogP contribution is -2.42. The van der Waals surface area contributed by atoms with Crippen LogP contribution in [-0.2, 0) is 6.54 Å². The SMILES string of the molecule is CCCNC1CCN(Cc2cc(C)no2)CC1. The largest absolute Gasteiger partial charge is 0.360 e. The van der Waals surface area contributed by atoms with Crippen molar-refractivity contribution in [3.8, 4) is 0 Å². The van der Waals surface area contributed by atoms with Crippen LogP contribution in [0, 0.1) is 6.92 Å². The monoisotopic (exact) mass is 237 g/mol. The van der Waals surface area contributed by atoms with Crippen LogP contribution >= 0.6 is 0 Å². The van der Waals surface area contributed by atoms with Crippen LogP contribution in [0.4, 0.5) is 0 Å². The summed E-state index contributed by atoms with van der Waals surface area (Å²) in [7, 11) is 0. The molecule has 0 amide bonds. The van der Waals surface area contributed by atoms with E-state index in [1.807, 2.05) is 13.0 Å². The fraction of sp³-hybridized carbons (Fsp3) is 0.769. The molecule has 0 aromatic carbocycles. The summed E-state index contributed by atoms with van der Waals surface area (Å²) in [5, 5.41) is 7.52. The summed E-state index contributed by atoms with van der Waals surface area (Å²) in [5.74, 6) is 0.988. The van der Waals surface area contributed by atoms with Gasteiger partial charge in [-0.05, 0) is 32.7 Å². The van der Waals surface area contributed by atoms with Gasteiger partial charge in [-0.2, -0.15) is 0 Å². The van der Waals surface area contributed by atoms with E-state index >= 15 is 0 Å². The van der Waals surface area contributed by atoms with Crippen LogP contribution in [0.2, 0.25) is 0 Å². The molecule has 4 heteroatoms. The number of nitrogens with zero attached hydrogens (tertiary/aromatic N) is 2. The molecule has 2 rings (SSSR count). The van der Waals surface area contributed by atoms with Crippen molar-refractivity contribution in [3.05, 3.63) is 17.5 Å². The van der Waals surface area contributed by atoms with Gasteiger partial charge in [0.1, 0.15) is 0 Å². The Kier molecular flexibility index (Phi) is 4.57. The van der Waals surface area contributed by atoms with E-state index in [1.165, 1.54) is 19.3 Å². The van der Waals surface area contributed by atoms with Gasteiger partial charge in [0.2, 0.25) is 0 Å². The zero-order valence-electron chi connectivity index (χ0n) is 10.9. The minimum Gasteiger partial charge on any atom is -0.360 e. The van der Waals surface area contributed by atoms with Crippen molar-refractivity contribution >= 4 is 0 Å². The smallest absolute Gasteiger partial charge is 0.150 e. The molecule has 0 bridgehead atoms. The highest BCUT2D eigenvalue weighted by molar-refractivity contribution is 5.03. The van der Waals surface area contributed by atoms with Gasteiger partial charge in [-0.25, -0.2) is 0 Å². The van der Waals surface area contributed by atoms with Gasteiger partial charge < -0.3 is 9.84 Å². The molecule has 1 aromatic heterocycles. The number of hydrogen-bond donors (Lipinski definition) is 1. The molecular weight excluding hydrogens is 214 g/mol. The molecule has 0 unspecified atom stereocenters. The summed E-state index contributed by atoms with van der Waals surface area (Å²) in [4.78, 5) is 2.45. The molecule has 2 heterocycles. The highest BCUT2D eigenvalue weighted by atomic mass is 16.5. The van der Waals surface area contributed by atoms with Crippen LogP contribution in [0.25, 0.3) is 0 Å². The molecule has 1 saturated heterocycles. The van der Waals surface area contributed by atoms with E-state index in [2.05, 4.69) is 22.3 Å². The number of nitrogens with one attached hydrogen (secondary N) is 1. The first-order chi connectivity index (χ1) is 8.28. The van der Waals surface area contributed by atoms with Gasteiger partial charge in [0.15, 0.2) is 5.76 Å². The van der Waals surface area contributed by atoms with E-state index < -0.39 is 0 Å². The fourth-order valence-electron chi connectivity index (χ4n) is 2.35. The lowest BCUT2D eigenvalue weighted by Gasteiger charge is -2.31. The van der Waals surface area contributed by atoms with Crippen molar-refractivity contribution in [2.45, 2.75) is 45.7 Å². The zero-order valence-corrected chi connectivity index (χ0v) is 10.9. The highest BCUT2D eigenvalue weighted by Gasteiger charge is 2.19. The quantitative estimate of drug-likeness (QED) is 0.850. The van der Waals surface area contributed by atoms with Crippen LogP contribution < -0.4 is 5.32 Å². The first kappa shape index (κ1) is 12.6. The second-order valence-corrected chi connectivity index (χ2v) is 4.94. The van der Waals surface area contributed by atoms with Crippen molar-refractivity contribution in [2.75, 3.05) is 19.6 Å². The predicted octanol–water partition coefficient (Wildman–Crippen LogP) is 1.95. The lowest BCUT2D eigenvalue weighted by molar-refractivity contribution is 0.173. The van der Waals surface area contributed by atoms with E-state index in [9.17, 15) is 0 Å². The molecule has 1 fully saturated rings. The number of likely N-dealkylation sites (tertiary alicyclic amines) is 1. The van der Waals surface area contributed by atoms with Gasteiger partial charge in [-0.15, -0.1) is 0 Å². The van der Waals surface area contributed by atoms with Gasteiger partial charge in [0.05, 0.1) is 12.2 Å². The number of aryl methyl sites for hydroxylation is 1. The molecule has 1 aliphatic heterocycles. The molecule has 4 nitrogen and oxygen atoms in total. The maximum atomic E-state index is 5.25. The Balaban J connectivity index is 1.72. The van der Waals surface area contributed by atoms with E-state index in [0.29, 0.717) is 6.04 Å². The predicted molar refractivity (Wildman–Crippen MR) is 67.8 cm³/mol. The van der Waals surface area contributed by atoms with E-state index in [0.717, 1.165) is 37.6 Å². The minimum atomic E-state index is 0.711. The summed E-state index contributed by atoms with van der Waals surface area (Å²) < 4.78 is 5.25. The molecule has 17 heavy (non-hydrogen) atoms. The van der Waals surface area contributed by atoms with Gasteiger partial charge in [-0.3, -0.25) is 4.90 Å². The van der Waals surface area contributed by atoms with Crippen LogP contribution in [0.1, 0.15) is 37.6 Å². The van der Waals surface area contributed by atoms with Crippen molar-refractivity contribution in [1.29, 1.82) is 0 Å². The summed E-state index contributed by atoms with van der Waals surface area (Å²) in [6.45, 7) is 8.54. The highest BCUT2D eigenvalue weighted by Crippen LogP contribution is 2.14. The summed E-state index contributed by atoms with van der Waals surface area (Å²) in [5.41, 5.74) is 0.972. The molecule has 0 radical (unpaired) electrons. The summed E-state index contributed by atoms with van der Waals surface area (Å²) in [6.07, 6.45) is 3.71. The molecule has 0 aliphatic carbocycles. The standard InChI is InChI=1S/C13H23N3O/c1-3-6-14-12-4-7-16(8-5-12)10-13-9-11(2)15-17-13/h9,12,14H,3-8,10H2,1-2H3. The van der Waals surface area contributed by atoms with Crippen LogP contribution in [0.5, 0.6) is 0 Å². The summed E-state index contributed by atoms with van der Waals surface area (Å²) >= 11 is 0. The Labute approximate surface area is 103 Å². The Morgan fingerprint density at radius 1 is 1.47 bits per heavy atom. The second-order valence-electron chi connectivity index (χ2n) is 4.94. The molecule has 1 aliphatic rings. The second kappa shape index (κ2) is 6.17. The average Bonchev–Trinajstić information content (AvgIpc) is 2.74. The third kappa shape index (κ3) is 3.82. The summed E-state index contributed by atoms with van der Waals surface area (Å²) in [6, 6.07) is 2.74. The minimum absolute atomic E-state index is 0.711. The van der Waals surface area contributed by atoms with Crippen molar-refractivity contribution < 1.29 is 4.52 Å². The van der Waals surface area contributed by atoms with Crippen molar-refractivity contribution in [1.82, 2.24) is 15.4 Å². The molecule has 0 atom stereocenters. The van der Waals surface area contributed by atoms with Gasteiger partial charge in [-0.1, -0.05) is 12.1 Å². The molecule has 1 N–H and O–H groups in total. The van der Waals surface area contributed by atoms with Crippen LogP contribution in [-0.4, -0.2) is 35.7 Å². The Morgan fingerprint density at radius 2 is 2.24 bits per heavy atom. The van der Waals surface area contributed by atoms with E-state index in [4.69, 9.17) is 4.52 Å². The third-order valence-corrected chi connectivity index (χ3v) is 3.33. The number of rotatable bonds is 5. The fourth-order valence-corrected chi connectivity index (χ4v) is 2.35. The molecule has 1 aromatic rings. The Hall–Kier alpha value is -0.870. The van der Waals surface area contributed by atoms with Crippen LogP contribution in [0.3, 0.4) is 0 Å². The third-order valence-electron chi connectivity index (χ3n) is 3.33. The molecule has 96 valence electrons. The van der Waals surface area contributed by atoms with Crippen LogP contribution in [0.15, 0.2) is 10.6 Å². The topological polar surface area (TPSA) is 41.3 Å². The first-order valence-corrected chi connectivity index (χ1v) is 6.66. The van der Waals surface area contributed by atoms with Gasteiger partial charge in [0, 0.05) is 25.2 Å². The Morgan fingerprint density at radius 3 is 2.82 bits per heavy atom. The Bertz CT molecular complexity index is 329. The molecular formula is C13H23N3O. The number of aromatic nitrogens is 1. The normalized spacial score (nSPS) is 18.7.